The molecule has 0 bridgehead atoms. The van der Waals surface area contributed by atoms with E-state index in [1.54, 1.807) is 6.07 Å². The topological polar surface area (TPSA) is 63.8 Å². The molecule has 0 unspecified atom stereocenters. The monoisotopic (exact) mass is 468 g/mol. The standard InChI is InChI=1S/C10H7Br2IN4/c11-6-2-1-5(3-7(6)13)15-10-16-8(12)4-9(14)17-10/h1-4H,(H3,14,15,16,17). The van der Waals surface area contributed by atoms with Crippen molar-refractivity contribution in [2.75, 3.05) is 11.1 Å². The summed E-state index contributed by atoms with van der Waals surface area (Å²) in [6.45, 7) is 0. The number of benzene rings is 1. The quantitative estimate of drug-likeness (QED) is 0.517. The molecule has 1 aromatic heterocycles. The Balaban J connectivity index is 2.28. The highest BCUT2D eigenvalue weighted by Crippen LogP contribution is 2.24. The molecule has 88 valence electrons. The van der Waals surface area contributed by atoms with Crippen molar-refractivity contribution in [3.63, 3.8) is 0 Å². The van der Waals surface area contributed by atoms with Gasteiger partial charge < -0.3 is 11.1 Å². The first-order valence-corrected chi connectivity index (χ1v) is 7.23. The molecule has 2 aromatic rings. The van der Waals surface area contributed by atoms with Crippen LogP contribution < -0.4 is 11.1 Å². The van der Waals surface area contributed by atoms with Gasteiger partial charge in [-0.3, -0.25) is 0 Å². The average molecular weight is 470 g/mol. The van der Waals surface area contributed by atoms with Crippen molar-refractivity contribution >= 4 is 71.9 Å². The zero-order valence-corrected chi connectivity index (χ0v) is 13.7. The Kier molecular flexibility index (Phi) is 4.21. The number of halogens is 3. The van der Waals surface area contributed by atoms with Crippen molar-refractivity contribution in [3.8, 4) is 0 Å². The molecule has 0 amide bonds. The molecule has 0 fully saturated rings. The SMILES string of the molecule is Nc1cc(Br)nc(Nc2ccc(Br)c(I)c2)n1. The molecule has 0 aliphatic heterocycles. The predicted molar refractivity (Wildman–Crippen MR) is 84.3 cm³/mol. The van der Waals surface area contributed by atoms with Crippen molar-refractivity contribution in [2.45, 2.75) is 0 Å². The van der Waals surface area contributed by atoms with Crippen LogP contribution in [0.15, 0.2) is 33.3 Å². The number of anilines is 3. The second-order valence-electron chi connectivity index (χ2n) is 3.19. The Morgan fingerprint density at radius 2 is 1.94 bits per heavy atom. The van der Waals surface area contributed by atoms with Gasteiger partial charge in [0, 0.05) is 19.8 Å². The minimum absolute atomic E-state index is 0.418. The Bertz CT molecular complexity index is 542. The van der Waals surface area contributed by atoms with E-state index in [2.05, 4.69) is 69.7 Å². The van der Waals surface area contributed by atoms with E-state index in [0.717, 1.165) is 13.7 Å². The fraction of sp³-hybridized carbons (Fsp3) is 0. The van der Waals surface area contributed by atoms with E-state index in [9.17, 15) is 0 Å². The second kappa shape index (κ2) is 5.49. The fourth-order valence-corrected chi connectivity index (χ4v) is 2.36. The molecular weight excluding hydrogens is 463 g/mol. The van der Waals surface area contributed by atoms with Crippen LogP contribution in [0.4, 0.5) is 17.5 Å². The van der Waals surface area contributed by atoms with Gasteiger partial charge in [0.25, 0.3) is 0 Å². The van der Waals surface area contributed by atoms with Crippen LogP contribution in [0.2, 0.25) is 0 Å². The number of hydrogen-bond donors (Lipinski definition) is 2. The van der Waals surface area contributed by atoms with Crippen LogP contribution in [0.1, 0.15) is 0 Å². The summed E-state index contributed by atoms with van der Waals surface area (Å²) in [5.74, 6) is 0.885. The number of hydrogen-bond acceptors (Lipinski definition) is 4. The van der Waals surface area contributed by atoms with Gasteiger partial charge >= 0.3 is 0 Å². The molecule has 4 nitrogen and oxygen atoms in total. The molecule has 0 aliphatic carbocycles. The Morgan fingerprint density at radius 3 is 2.59 bits per heavy atom. The zero-order chi connectivity index (χ0) is 12.4. The summed E-state index contributed by atoms with van der Waals surface area (Å²) in [6.07, 6.45) is 0. The summed E-state index contributed by atoms with van der Waals surface area (Å²) in [5, 5.41) is 3.10. The Labute approximate surface area is 129 Å². The molecule has 0 aliphatic rings. The highest BCUT2D eigenvalue weighted by Gasteiger charge is 2.03. The highest BCUT2D eigenvalue weighted by molar-refractivity contribution is 14.1. The van der Waals surface area contributed by atoms with E-state index in [-0.39, 0.29) is 0 Å². The Morgan fingerprint density at radius 1 is 1.18 bits per heavy atom. The molecule has 0 saturated carbocycles. The van der Waals surface area contributed by atoms with Crippen LogP contribution in [0.25, 0.3) is 0 Å². The third-order valence-corrected chi connectivity index (χ3v) is 4.62. The van der Waals surface area contributed by atoms with Crippen molar-refractivity contribution < 1.29 is 0 Å². The number of nitrogens with zero attached hydrogens (tertiary/aromatic N) is 2. The molecule has 0 saturated heterocycles. The minimum atomic E-state index is 0.418. The second-order valence-corrected chi connectivity index (χ2v) is 6.02. The van der Waals surface area contributed by atoms with Gasteiger partial charge in [0.2, 0.25) is 5.95 Å². The van der Waals surface area contributed by atoms with Crippen LogP contribution in [0.3, 0.4) is 0 Å². The van der Waals surface area contributed by atoms with Gasteiger partial charge in [-0.15, -0.1) is 0 Å². The summed E-state index contributed by atoms with van der Waals surface area (Å²) >= 11 is 8.96. The molecule has 3 N–H and O–H groups in total. The van der Waals surface area contributed by atoms with E-state index in [1.165, 1.54) is 0 Å². The first kappa shape index (κ1) is 13.0. The summed E-state index contributed by atoms with van der Waals surface area (Å²) in [4.78, 5) is 8.27. The lowest BCUT2D eigenvalue weighted by atomic mass is 10.3. The van der Waals surface area contributed by atoms with Crippen molar-refractivity contribution in [3.05, 3.63) is 36.9 Å². The van der Waals surface area contributed by atoms with E-state index in [0.29, 0.717) is 16.4 Å². The van der Waals surface area contributed by atoms with Crippen molar-refractivity contribution in [2.24, 2.45) is 0 Å². The third kappa shape index (κ3) is 3.52. The number of nitrogens with two attached hydrogens (primary N) is 1. The van der Waals surface area contributed by atoms with Crippen molar-refractivity contribution in [1.82, 2.24) is 9.97 Å². The lowest BCUT2D eigenvalue weighted by molar-refractivity contribution is 1.15. The number of nitrogens with one attached hydrogen (secondary N) is 1. The maximum atomic E-state index is 5.64. The van der Waals surface area contributed by atoms with E-state index >= 15 is 0 Å². The largest absolute Gasteiger partial charge is 0.383 e. The van der Waals surface area contributed by atoms with Crippen LogP contribution in [-0.2, 0) is 0 Å². The average Bonchev–Trinajstić information content (AvgIpc) is 2.22. The number of nitrogen functional groups attached to an aromatic ring is 1. The number of rotatable bonds is 2. The molecule has 7 heteroatoms. The van der Waals surface area contributed by atoms with Crippen LogP contribution in [-0.4, -0.2) is 9.97 Å². The van der Waals surface area contributed by atoms with Gasteiger partial charge in [0.05, 0.1) is 0 Å². The van der Waals surface area contributed by atoms with E-state index in [1.807, 2.05) is 18.2 Å². The van der Waals surface area contributed by atoms with Gasteiger partial charge in [0.1, 0.15) is 10.4 Å². The van der Waals surface area contributed by atoms with Crippen LogP contribution in [0, 0.1) is 3.57 Å². The summed E-state index contributed by atoms with van der Waals surface area (Å²) < 4.78 is 2.81. The maximum absolute atomic E-state index is 5.64. The summed E-state index contributed by atoms with van der Waals surface area (Å²) in [5.41, 5.74) is 6.55. The van der Waals surface area contributed by atoms with Crippen molar-refractivity contribution in [1.29, 1.82) is 0 Å². The molecule has 1 aromatic carbocycles. The third-order valence-electron chi connectivity index (χ3n) is 1.89. The smallest absolute Gasteiger partial charge is 0.230 e. The van der Waals surface area contributed by atoms with Gasteiger partial charge in [-0.1, -0.05) is 0 Å². The van der Waals surface area contributed by atoms with Crippen LogP contribution >= 0.6 is 54.5 Å². The lowest BCUT2D eigenvalue weighted by Gasteiger charge is -2.07. The normalized spacial score (nSPS) is 10.3. The summed E-state index contributed by atoms with van der Waals surface area (Å²) in [6, 6.07) is 7.54. The zero-order valence-electron chi connectivity index (χ0n) is 8.42. The molecule has 0 atom stereocenters. The van der Waals surface area contributed by atoms with Gasteiger partial charge in [-0.05, 0) is 72.6 Å². The maximum Gasteiger partial charge on any atom is 0.230 e. The van der Waals surface area contributed by atoms with E-state index in [4.69, 9.17) is 5.73 Å². The number of aromatic nitrogens is 2. The fourth-order valence-electron chi connectivity index (χ4n) is 1.19. The molecular formula is C10H7Br2IN4. The Hall–Kier alpha value is -0.410. The van der Waals surface area contributed by atoms with Gasteiger partial charge in [0.15, 0.2) is 0 Å². The molecule has 0 radical (unpaired) electrons. The molecule has 0 spiro atoms. The van der Waals surface area contributed by atoms with Crippen LogP contribution in [0.5, 0.6) is 0 Å². The highest BCUT2D eigenvalue weighted by atomic mass is 127. The van der Waals surface area contributed by atoms with Gasteiger partial charge in [-0.2, -0.15) is 4.98 Å². The summed E-state index contributed by atoms with van der Waals surface area (Å²) in [7, 11) is 0. The molecule has 17 heavy (non-hydrogen) atoms. The molecule has 1 heterocycles. The molecule has 2 rings (SSSR count). The first-order valence-electron chi connectivity index (χ1n) is 4.57. The van der Waals surface area contributed by atoms with E-state index < -0.39 is 0 Å². The van der Waals surface area contributed by atoms with Gasteiger partial charge in [-0.25, -0.2) is 4.98 Å². The predicted octanol–water partition coefficient (Wildman–Crippen LogP) is 3.93. The lowest BCUT2D eigenvalue weighted by Crippen LogP contribution is -2.00. The minimum Gasteiger partial charge on any atom is -0.383 e. The first-order chi connectivity index (χ1) is 8.04.